The summed E-state index contributed by atoms with van der Waals surface area (Å²) in [6.07, 6.45) is -0.339. The summed E-state index contributed by atoms with van der Waals surface area (Å²) in [6.45, 7) is 8.02. The molecule has 0 bridgehead atoms. The zero-order valence-electron chi connectivity index (χ0n) is 18.7. The highest BCUT2D eigenvalue weighted by Crippen LogP contribution is 2.45. The lowest BCUT2D eigenvalue weighted by molar-refractivity contribution is -0.136. The van der Waals surface area contributed by atoms with Crippen LogP contribution in [0.4, 0.5) is 5.69 Å². The van der Waals surface area contributed by atoms with Crippen molar-refractivity contribution < 1.29 is 14.7 Å². The first-order valence-electron chi connectivity index (χ1n) is 10.6. The molecule has 32 heavy (non-hydrogen) atoms. The molecule has 164 valence electrons. The number of halogens is 1. The third-order valence-corrected chi connectivity index (χ3v) is 6.49. The van der Waals surface area contributed by atoms with Gasteiger partial charge >= 0.3 is 0 Å². The molecule has 0 unspecified atom stereocenters. The Hall–Kier alpha value is -2.95. The number of rotatable bonds is 5. The van der Waals surface area contributed by atoms with Gasteiger partial charge in [-0.05, 0) is 68.1 Å². The van der Waals surface area contributed by atoms with E-state index < -0.39 is 11.5 Å². The Morgan fingerprint density at radius 2 is 1.62 bits per heavy atom. The number of hydrogen-bond acceptors (Lipinski definition) is 3. The SMILES string of the molecule is Cc1cc(C)c(C(=O)C[C@@]2(O)C(=O)N(Cc3ccccc3C)c3ccc(Cl)cc32)c(C)c1. The number of carbonyl (C=O) groups excluding carboxylic acids is 2. The molecule has 5 heteroatoms. The molecule has 3 aromatic rings. The van der Waals surface area contributed by atoms with E-state index >= 15 is 0 Å². The summed E-state index contributed by atoms with van der Waals surface area (Å²) in [5, 5.41) is 12.1. The molecule has 1 atom stereocenters. The number of fused-ring (bicyclic) bond motifs is 1. The minimum Gasteiger partial charge on any atom is -0.375 e. The van der Waals surface area contributed by atoms with Crippen LogP contribution < -0.4 is 4.90 Å². The normalized spacial score (nSPS) is 17.6. The van der Waals surface area contributed by atoms with Gasteiger partial charge < -0.3 is 10.0 Å². The number of nitrogens with zero attached hydrogens (tertiary/aromatic N) is 1. The van der Waals surface area contributed by atoms with Crippen LogP contribution in [0, 0.1) is 27.7 Å². The van der Waals surface area contributed by atoms with Crippen LogP contribution in [0.25, 0.3) is 0 Å². The minimum atomic E-state index is -1.97. The van der Waals surface area contributed by atoms with Gasteiger partial charge in [-0.2, -0.15) is 0 Å². The van der Waals surface area contributed by atoms with Gasteiger partial charge in [0.1, 0.15) is 0 Å². The van der Waals surface area contributed by atoms with Crippen LogP contribution in [0.1, 0.15) is 50.2 Å². The average Bonchev–Trinajstić information content (AvgIpc) is 2.90. The summed E-state index contributed by atoms with van der Waals surface area (Å²) >= 11 is 6.23. The predicted molar refractivity (Wildman–Crippen MR) is 127 cm³/mol. The zero-order valence-corrected chi connectivity index (χ0v) is 19.5. The monoisotopic (exact) mass is 447 g/mol. The van der Waals surface area contributed by atoms with E-state index in [1.54, 1.807) is 23.1 Å². The van der Waals surface area contributed by atoms with Crippen molar-refractivity contribution in [3.63, 3.8) is 0 Å². The molecule has 0 saturated carbocycles. The third kappa shape index (κ3) is 3.74. The van der Waals surface area contributed by atoms with Gasteiger partial charge in [-0.25, -0.2) is 0 Å². The van der Waals surface area contributed by atoms with Gasteiger partial charge in [0, 0.05) is 16.1 Å². The highest BCUT2D eigenvalue weighted by atomic mass is 35.5. The van der Waals surface area contributed by atoms with Gasteiger partial charge in [-0.3, -0.25) is 9.59 Å². The fourth-order valence-corrected chi connectivity index (χ4v) is 4.92. The Bertz CT molecular complexity index is 1230. The van der Waals surface area contributed by atoms with Crippen LogP contribution in [0.15, 0.2) is 54.6 Å². The lowest BCUT2D eigenvalue weighted by Crippen LogP contribution is -2.41. The Kier molecular flexibility index (Phi) is 5.70. The first kappa shape index (κ1) is 22.3. The number of aryl methyl sites for hydroxylation is 4. The standard InChI is InChI=1S/C27H26ClNO3/c1-16-11-18(3)25(19(4)12-16)24(30)14-27(32)22-13-21(28)9-10-23(22)29(26(27)31)15-20-8-6-5-7-17(20)2/h5-13,32H,14-15H2,1-4H3/t27-/m0/s1. The highest BCUT2D eigenvalue weighted by Gasteiger charge is 2.51. The molecule has 1 amide bonds. The second-order valence-corrected chi connectivity index (χ2v) is 9.15. The summed E-state index contributed by atoms with van der Waals surface area (Å²) < 4.78 is 0. The van der Waals surface area contributed by atoms with Crippen molar-refractivity contribution in [3.05, 3.63) is 98.6 Å². The van der Waals surface area contributed by atoms with Crippen LogP contribution >= 0.6 is 11.6 Å². The molecule has 1 aliphatic heterocycles. The van der Waals surface area contributed by atoms with Crippen molar-refractivity contribution in [2.24, 2.45) is 0 Å². The number of benzene rings is 3. The number of aliphatic hydroxyl groups is 1. The van der Waals surface area contributed by atoms with Crippen molar-refractivity contribution in [1.29, 1.82) is 0 Å². The summed E-state index contributed by atoms with van der Waals surface area (Å²) in [5.74, 6) is -0.770. The van der Waals surface area contributed by atoms with Crippen LogP contribution in [0.3, 0.4) is 0 Å². The van der Waals surface area contributed by atoms with Gasteiger partial charge in [0.2, 0.25) is 0 Å². The first-order chi connectivity index (χ1) is 15.1. The molecular weight excluding hydrogens is 422 g/mol. The van der Waals surface area contributed by atoms with Crippen LogP contribution in [-0.4, -0.2) is 16.8 Å². The van der Waals surface area contributed by atoms with E-state index in [0.29, 0.717) is 28.4 Å². The molecule has 3 aromatic carbocycles. The van der Waals surface area contributed by atoms with Crippen LogP contribution in [-0.2, 0) is 16.9 Å². The van der Waals surface area contributed by atoms with Crippen LogP contribution in [0.2, 0.25) is 5.02 Å². The lowest BCUT2D eigenvalue weighted by atomic mass is 9.85. The summed E-state index contributed by atoms with van der Waals surface area (Å²) in [4.78, 5) is 28.5. The van der Waals surface area contributed by atoms with Gasteiger partial charge in [-0.15, -0.1) is 0 Å². The van der Waals surface area contributed by atoms with Crippen molar-refractivity contribution in [1.82, 2.24) is 0 Å². The predicted octanol–water partition coefficient (Wildman–Crippen LogP) is 5.58. The Labute approximate surface area is 193 Å². The Balaban J connectivity index is 1.75. The fraction of sp³-hybridized carbons (Fsp3) is 0.259. The number of anilines is 1. The van der Waals surface area contributed by atoms with Gasteiger partial charge in [-0.1, -0.05) is 53.6 Å². The maximum absolute atomic E-state index is 13.6. The molecule has 1 N–H and O–H groups in total. The number of ketones is 1. The second kappa shape index (κ2) is 8.19. The first-order valence-corrected chi connectivity index (χ1v) is 11.0. The zero-order chi connectivity index (χ0) is 23.2. The molecule has 0 saturated heterocycles. The summed E-state index contributed by atoms with van der Waals surface area (Å²) in [6, 6.07) is 16.7. The van der Waals surface area contributed by atoms with E-state index in [4.69, 9.17) is 11.6 Å². The number of carbonyl (C=O) groups is 2. The molecular formula is C27H26ClNO3. The van der Waals surface area contributed by atoms with Gasteiger partial charge in [0.05, 0.1) is 18.7 Å². The molecule has 1 heterocycles. The van der Waals surface area contributed by atoms with E-state index in [-0.39, 0.29) is 12.2 Å². The smallest absolute Gasteiger partial charge is 0.264 e. The minimum absolute atomic E-state index is 0.264. The molecule has 4 rings (SSSR count). The van der Waals surface area contributed by atoms with Crippen molar-refractivity contribution in [2.45, 2.75) is 46.3 Å². The van der Waals surface area contributed by atoms with E-state index in [0.717, 1.165) is 27.8 Å². The second-order valence-electron chi connectivity index (χ2n) is 8.71. The lowest BCUT2D eigenvalue weighted by Gasteiger charge is -2.24. The number of Topliss-reactive ketones (excluding diaryl/α,β-unsaturated/α-hetero) is 1. The van der Waals surface area contributed by atoms with E-state index in [9.17, 15) is 14.7 Å². The summed E-state index contributed by atoms with van der Waals surface area (Å²) in [5.41, 5.74) is 4.30. The Morgan fingerprint density at radius 3 is 2.28 bits per heavy atom. The largest absolute Gasteiger partial charge is 0.375 e. The topological polar surface area (TPSA) is 57.6 Å². The number of hydrogen-bond donors (Lipinski definition) is 1. The fourth-order valence-electron chi connectivity index (χ4n) is 4.75. The van der Waals surface area contributed by atoms with Gasteiger partial charge in [0.25, 0.3) is 5.91 Å². The maximum Gasteiger partial charge on any atom is 0.264 e. The van der Waals surface area contributed by atoms with Crippen molar-refractivity contribution in [3.8, 4) is 0 Å². The van der Waals surface area contributed by atoms with Crippen LogP contribution in [0.5, 0.6) is 0 Å². The third-order valence-electron chi connectivity index (χ3n) is 6.26. The molecule has 0 radical (unpaired) electrons. The Morgan fingerprint density at radius 1 is 0.969 bits per heavy atom. The van der Waals surface area contributed by atoms with Crippen molar-refractivity contribution >= 4 is 29.0 Å². The van der Waals surface area contributed by atoms with Gasteiger partial charge in [0.15, 0.2) is 11.4 Å². The van der Waals surface area contributed by atoms with Crippen molar-refractivity contribution in [2.75, 3.05) is 4.90 Å². The average molecular weight is 448 g/mol. The molecule has 0 aromatic heterocycles. The maximum atomic E-state index is 13.6. The molecule has 4 nitrogen and oxygen atoms in total. The molecule has 0 fully saturated rings. The highest BCUT2D eigenvalue weighted by molar-refractivity contribution is 6.31. The summed E-state index contributed by atoms with van der Waals surface area (Å²) in [7, 11) is 0. The molecule has 0 aliphatic carbocycles. The molecule has 0 spiro atoms. The number of amides is 1. The van der Waals surface area contributed by atoms with E-state index in [2.05, 4.69) is 0 Å². The van der Waals surface area contributed by atoms with E-state index in [1.165, 1.54) is 0 Å². The van der Waals surface area contributed by atoms with E-state index in [1.807, 2.05) is 64.1 Å². The quantitative estimate of drug-likeness (QED) is 0.519. The molecule has 1 aliphatic rings.